The summed E-state index contributed by atoms with van der Waals surface area (Å²) in [5.41, 5.74) is 10.2. The molecule has 4 N–H and O–H groups in total. The SMILES string of the molecule is CCn1c(=O)c(C(=O)CN(CCC(N)=O)C(C)C)c(N)n(Cc2ccc(F)cc2)c1=O. The molecule has 1 heterocycles. The average molecular weight is 433 g/mol. The number of hydrogen-bond donors (Lipinski definition) is 2. The van der Waals surface area contributed by atoms with Crippen LogP contribution in [-0.4, -0.2) is 44.9 Å². The van der Waals surface area contributed by atoms with Gasteiger partial charge in [-0.2, -0.15) is 0 Å². The zero-order valence-corrected chi connectivity index (χ0v) is 17.9. The van der Waals surface area contributed by atoms with Crippen LogP contribution in [0.4, 0.5) is 10.2 Å². The topological polar surface area (TPSA) is 133 Å². The van der Waals surface area contributed by atoms with Gasteiger partial charge in [0, 0.05) is 25.6 Å². The highest BCUT2D eigenvalue weighted by molar-refractivity contribution is 6.01. The number of nitrogens with two attached hydrogens (primary N) is 2. The van der Waals surface area contributed by atoms with Crippen LogP contribution in [0.2, 0.25) is 0 Å². The molecule has 0 aliphatic heterocycles. The first kappa shape index (κ1) is 24.0. The number of benzene rings is 1. The van der Waals surface area contributed by atoms with Gasteiger partial charge in [-0.05, 0) is 38.5 Å². The second-order valence-corrected chi connectivity index (χ2v) is 7.51. The highest BCUT2D eigenvalue weighted by Gasteiger charge is 2.25. The molecule has 0 bridgehead atoms. The Morgan fingerprint density at radius 1 is 1.13 bits per heavy atom. The van der Waals surface area contributed by atoms with Crippen LogP contribution in [0, 0.1) is 5.82 Å². The molecule has 1 amide bonds. The molecule has 1 aromatic heterocycles. The lowest BCUT2D eigenvalue weighted by Gasteiger charge is -2.25. The van der Waals surface area contributed by atoms with Gasteiger partial charge in [-0.3, -0.25) is 28.4 Å². The van der Waals surface area contributed by atoms with Crippen LogP contribution in [0.3, 0.4) is 0 Å². The third-order valence-corrected chi connectivity index (χ3v) is 5.04. The van der Waals surface area contributed by atoms with Crippen molar-refractivity contribution in [2.45, 2.75) is 46.3 Å². The van der Waals surface area contributed by atoms with Gasteiger partial charge in [-0.15, -0.1) is 0 Å². The molecule has 168 valence electrons. The molecule has 1 aromatic carbocycles. The van der Waals surface area contributed by atoms with Crippen molar-refractivity contribution in [2.75, 3.05) is 18.8 Å². The summed E-state index contributed by atoms with van der Waals surface area (Å²) in [5.74, 6) is -1.73. The van der Waals surface area contributed by atoms with Crippen molar-refractivity contribution < 1.29 is 14.0 Å². The highest BCUT2D eigenvalue weighted by atomic mass is 19.1. The molecular weight excluding hydrogens is 405 g/mol. The number of amides is 1. The first-order valence-corrected chi connectivity index (χ1v) is 9.99. The Labute approximate surface area is 179 Å². The zero-order valence-electron chi connectivity index (χ0n) is 17.9. The number of primary amides is 1. The molecule has 0 saturated carbocycles. The van der Waals surface area contributed by atoms with Gasteiger partial charge in [0.15, 0.2) is 5.78 Å². The maximum absolute atomic E-state index is 13.2. The van der Waals surface area contributed by atoms with Gasteiger partial charge < -0.3 is 11.5 Å². The van der Waals surface area contributed by atoms with E-state index in [-0.39, 0.29) is 50.0 Å². The molecule has 0 fully saturated rings. The fraction of sp³-hybridized carbons (Fsp3) is 0.429. The predicted octanol–water partition coefficient (Wildman–Crippen LogP) is 0.568. The van der Waals surface area contributed by atoms with E-state index in [2.05, 4.69) is 0 Å². The predicted molar refractivity (Wildman–Crippen MR) is 115 cm³/mol. The maximum atomic E-state index is 13.2. The number of ketones is 1. The fourth-order valence-corrected chi connectivity index (χ4v) is 3.22. The van der Waals surface area contributed by atoms with Gasteiger partial charge in [-0.1, -0.05) is 12.1 Å². The summed E-state index contributed by atoms with van der Waals surface area (Å²) in [7, 11) is 0. The summed E-state index contributed by atoms with van der Waals surface area (Å²) in [6, 6.07) is 5.39. The molecule has 0 aliphatic carbocycles. The number of carbonyl (C=O) groups is 2. The molecular formula is C21H28FN5O4. The van der Waals surface area contributed by atoms with E-state index in [0.717, 1.165) is 9.13 Å². The second kappa shape index (κ2) is 10.2. The lowest BCUT2D eigenvalue weighted by Crippen LogP contribution is -2.46. The van der Waals surface area contributed by atoms with Gasteiger partial charge in [-0.25, -0.2) is 9.18 Å². The molecule has 0 spiro atoms. The van der Waals surface area contributed by atoms with Gasteiger partial charge >= 0.3 is 5.69 Å². The molecule has 2 rings (SSSR count). The number of rotatable bonds is 10. The van der Waals surface area contributed by atoms with E-state index in [1.165, 1.54) is 24.3 Å². The highest BCUT2D eigenvalue weighted by Crippen LogP contribution is 2.12. The van der Waals surface area contributed by atoms with Crippen molar-refractivity contribution in [1.82, 2.24) is 14.0 Å². The normalized spacial score (nSPS) is 11.3. The summed E-state index contributed by atoms with van der Waals surface area (Å²) in [6.45, 7) is 5.41. The van der Waals surface area contributed by atoms with Crippen LogP contribution >= 0.6 is 0 Å². The lowest BCUT2D eigenvalue weighted by molar-refractivity contribution is -0.118. The van der Waals surface area contributed by atoms with Crippen molar-refractivity contribution in [2.24, 2.45) is 5.73 Å². The fourth-order valence-electron chi connectivity index (χ4n) is 3.22. The number of nitrogen functional groups attached to an aromatic ring is 1. The largest absolute Gasteiger partial charge is 0.384 e. The van der Waals surface area contributed by atoms with Crippen molar-refractivity contribution in [3.63, 3.8) is 0 Å². The number of halogens is 1. The Bertz CT molecular complexity index is 1070. The minimum Gasteiger partial charge on any atom is -0.384 e. The monoisotopic (exact) mass is 433 g/mol. The quantitative estimate of drug-likeness (QED) is 0.526. The van der Waals surface area contributed by atoms with Gasteiger partial charge in [0.1, 0.15) is 17.2 Å². The molecule has 2 aromatic rings. The molecule has 0 aliphatic rings. The van der Waals surface area contributed by atoms with Crippen molar-refractivity contribution in [3.8, 4) is 0 Å². The zero-order chi connectivity index (χ0) is 23.3. The Kier molecular flexibility index (Phi) is 7.87. The van der Waals surface area contributed by atoms with E-state index < -0.39 is 28.8 Å². The van der Waals surface area contributed by atoms with Crippen molar-refractivity contribution in [3.05, 3.63) is 62.0 Å². The maximum Gasteiger partial charge on any atom is 0.332 e. The number of Topliss-reactive ketones (excluding diaryl/α,β-unsaturated/α-hetero) is 1. The molecule has 9 nitrogen and oxygen atoms in total. The first-order chi connectivity index (χ1) is 14.6. The van der Waals surface area contributed by atoms with Gasteiger partial charge in [0.2, 0.25) is 5.91 Å². The Balaban J connectivity index is 2.49. The van der Waals surface area contributed by atoms with E-state index in [0.29, 0.717) is 5.56 Å². The van der Waals surface area contributed by atoms with E-state index in [1.807, 2.05) is 13.8 Å². The molecule has 0 unspecified atom stereocenters. The summed E-state index contributed by atoms with van der Waals surface area (Å²) in [4.78, 5) is 51.5. The molecule has 0 radical (unpaired) electrons. The van der Waals surface area contributed by atoms with Crippen LogP contribution in [0.25, 0.3) is 0 Å². The van der Waals surface area contributed by atoms with Gasteiger partial charge in [0.05, 0.1) is 13.1 Å². The summed E-state index contributed by atoms with van der Waals surface area (Å²) < 4.78 is 15.3. The second-order valence-electron chi connectivity index (χ2n) is 7.51. The lowest BCUT2D eigenvalue weighted by atomic mass is 10.1. The minimum atomic E-state index is -0.760. The molecule has 0 saturated heterocycles. The Morgan fingerprint density at radius 3 is 2.26 bits per heavy atom. The third kappa shape index (κ3) is 5.66. The van der Waals surface area contributed by atoms with Gasteiger partial charge in [0.25, 0.3) is 5.56 Å². The number of carbonyl (C=O) groups excluding carboxylic acids is 2. The summed E-state index contributed by atoms with van der Waals surface area (Å²) in [6.07, 6.45) is 0.0597. The molecule has 10 heteroatoms. The van der Waals surface area contributed by atoms with Crippen LogP contribution in [0.5, 0.6) is 0 Å². The van der Waals surface area contributed by atoms with Crippen molar-refractivity contribution in [1.29, 1.82) is 0 Å². The number of hydrogen-bond acceptors (Lipinski definition) is 6. The van der Waals surface area contributed by atoms with Crippen molar-refractivity contribution >= 4 is 17.5 Å². The minimum absolute atomic E-state index is 0.0267. The summed E-state index contributed by atoms with van der Waals surface area (Å²) in [5, 5.41) is 0. The number of anilines is 1. The van der Waals surface area contributed by atoms with Crippen LogP contribution in [-0.2, 0) is 17.9 Å². The van der Waals surface area contributed by atoms with E-state index >= 15 is 0 Å². The van der Waals surface area contributed by atoms with E-state index in [4.69, 9.17) is 11.5 Å². The Morgan fingerprint density at radius 2 is 1.74 bits per heavy atom. The average Bonchev–Trinajstić information content (AvgIpc) is 2.69. The van der Waals surface area contributed by atoms with Crippen LogP contribution in [0.1, 0.15) is 43.1 Å². The third-order valence-electron chi connectivity index (χ3n) is 5.04. The molecule has 0 atom stereocenters. The Hall–Kier alpha value is -3.27. The van der Waals surface area contributed by atoms with E-state index in [1.54, 1.807) is 11.8 Å². The van der Waals surface area contributed by atoms with Crippen LogP contribution in [0.15, 0.2) is 33.9 Å². The smallest absolute Gasteiger partial charge is 0.332 e. The molecule has 31 heavy (non-hydrogen) atoms. The first-order valence-electron chi connectivity index (χ1n) is 9.99. The van der Waals surface area contributed by atoms with E-state index in [9.17, 15) is 23.6 Å². The standard InChI is InChI=1S/C21H28FN5O4/c1-4-26-20(30)18(16(28)12-25(13(2)3)10-9-17(23)29)19(24)27(21(26)31)11-14-5-7-15(22)8-6-14/h5-8,13H,4,9-12,24H2,1-3H3,(H2,23,29). The summed E-state index contributed by atoms with van der Waals surface area (Å²) >= 11 is 0. The van der Waals surface area contributed by atoms with Crippen LogP contribution < -0.4 is 22.7 Å². The number of aromatic nitrogens is 2. The number of nitrogens with zero attached hydrogens (tertiary/aromatic N) is 3.